The first-order chi connectivity index (χ1) is 5.49. The summed E-state index contributed by atoms with van der Waals surface area (Å²) in [6.45, 7) is 3.51. The highest BCUT2D eigenvalue weighted by Crippen LogP contribution is 2.36. The van der Waals surface area contributed by atoms with E-state index in [0.29, 0.717) is 0 Å². The lowest BCUT2D eigenvalue weighted by Gasteiger charge is -2.13. The van der Waals surface area contributed by atoms with Crippen LogP contribution in [0.3, 0.4) is 0 Å². The van der Waals surface area contributed by atoms with Crippen LogP contribution in [0.5, 0.6) is 0 Å². The zero-order valence-electron chi connectivity index (χ0n) is 6.96. The molecule has 1 aliphatic rings. The fourth-order valence-electron chi connectivity index (χ4n) is 0.953. The first-order valence-corrected chi connectivity index (χ1v) is 4.29. The molecular formula is C8H9NO2S. The van der Waals surface area contributed by atoms with Crippen LogP contribution in [0.2, 0.25) is 0 Å². The Bertz CT molecular complexity index is 277. The van der Waals surface area contributed by atoms with Gasteiger partial charge in [-0.25, -0.2) is 0 Å². The van der Waals surface area contributed by atoms with Crippen LogP contribution >= 0.6 is 11.8 Å². The highest BCUT2D eigenvalue weighted by Gasteiger charge is 2.45. The molecule has 1 heterocycles. The van der Waals surface area contributed by atoms with Crippen molar-refractivity contribution in [1.82, 2.24) is 4.90 Å². The van der Waals surface area contributed by atoms with Gasteiger partial charge < -0.3 is 0 Å². The summed E-state index contributed by atoms with van der Waals surface area (Å²) in [7, 11) is 0. The Balaban J connectivity index is 2.87. The Hall–Kier alpha value is -0.950. The number of hydrogen-bond donors (Lipinski definition) is 0. The second-order valence-electron chi connectivity index (χ2n) is 2.97. The molecule has 0 aliphatic carbocycles. The van der Waals surface area contributed by atoms with E-state index in [2.05, 4.69) is 5.92 Å². The minimum atomic E-state index is -0.645. The zero-order valence-corrected chi connectivity index (χ0v) is 7.77. The molecule has 12 heavy (non-hydrogen) atoms. The van der Waals surface area contributed by atoms with Gasteiger partial charge in [0.15, 0.2) is 0 Å². The molecule has 0 aromatic carbocycles. The van der Waals surface area contributed by atoms with Gasteiger partial charge in [-0.3, -0.25) is 14.5 Å². The van der Waals surface area contributed by atoms with E-state index in [1.807, 2.05) is 0 Å². The molecule has 0 aromatic rings. The monoisotopic (exact) mass is 183 g/mol. The van der Waals surface area contributed by atoms with Crippen molar-refractivity contribution >= 4 is 22.9 Å². The third kappa shape index (κ3) is 1.32. The van der Waals surface area contributed by atoms with Gasteiger partial charge in [-0.1, -0.05) is 5.92 Å². The lowest BCUT2D eigenvalue weighted by molar-refractivity contribution is -0.128. The number of carbonyl (C=O) groups excluding carboxylic acids is 2. The Kier molecular flexibility index (Phi) is 2.16. The van der Waals surface area contributed by atoms with Gasteiger partial charge in [0.1, 0.15) is 0 Å². The Labute approximate surface area is 75.5 Å². The van der Waals surface area contributed by atoms with E-state index in [4.69, 9.17) is 6.42 Å². The fourth-order valence-corrected chi connectivity index (χ4v) is 1.84. The van der Waals surface area contributed by atoms with Gasteiger partial charge >= 0.3 is 0 Å². The summed E-state index contributed by atoms with van der Waals surface area (Å²) < 4.78 is -0.645. The molecule has 1 rings (SSSR count). The molecule has 2 amide bonds. The van der Waals surface area contributed by atoms with Crippen LogP contribution in [0.25, 0.3) is 0 Å². The second kappa shape index (κ2) is 2.83. The Morgan fingerprint density at radius 2 is 2.17 bits per heavy atom. The largest absolute Gasteiger partial charge is 0.290 e. The van der Waals surface area contributed by atoms with E-state index in [-0.39, 0.29) is 17.7 Å². The summed E-state index contributed by atoms with van der Waals surface area (Å²) >= 11 is 1.02. The quantitative estimate of drug-likeness (QED) is 0.571. The molecule has 1 saturated heterocycles. The normalized spacial score (nSPS) is 21.2. The number of terminal acetylenes is 1. The van der Waals surface area contributed by atoms with Crippen LogP contribution in [-0.2, 0) is 4.79 Å². The van der Waals surface area contributed by atoms with E-state index in [1.54, 1.807) is 13.8 Å². The highest BCUT2D eigenvalue weighted by atomic mass is 32.2. The molecule has 64 valence electrons. The van der Waals surface area contributed by atoms with Gasteiger partial charge in [0, 0.05) is 0 Å². The van der Waals surface area contributed by atoms with Crippen molar-refractivity contribution in [2.24, 2.45) is 0 Å². The first-order valence-electron chi connectivity index (χ1n) is 3.47. The fraction of sp³-hybridized carbons (Fsp3) is 0.500. The first kappa shape index (κ1) is 9.14. The average Bonchev–Trinajstić information content (AvgIpc) is 2.13. The van der Waals surface area contributed by atoms with Gasteiger partial charge in [0.25, 0.3) is 5.24 Å². The second-order valence-corrected chi connectivity index (χ2v) is 4.55. The van der Waals surface area contributed by atoms with Gasteiger partial charge in [-0.2, -0.15) is 0 Å². The topological polar surface area (TPSA) is 37.4 Å². The lowest BCUT2D eigenvalue weighted by Crippen LogP contribution is -2.35. The van der Waals surface area contributed by atoms with Crippen LogP contribution in [0.1, 0.15) is 13.8 Å². The van der Waals surface area contributed by atoms with Crippen LogP contribution in [0.4, 0.5) is 4.79 Å². The van der Waals surface area contributed by atoms with Crippen LogP contribution in [0, 0.1) is 12.3 Å². The number of carbonyl (C=O) groups is 2. The predicted octanol–water partition coefficient (Wildman–Crippen LogP) is 1.09. The van der Waals surface area contributed by atoms with Crippen LogP contribution in [0.15, 0.2) is 0 Å². The van der Waals surface area contributed by atoms with Crippen molar-refractivity contribution in [3.8, 4) is 12.3 Å². The summed E-state index contributed by atoms with van der Waals surface area (Å²) in [5, 5.41) is -0.247. The molecule has 0 radical (unpaired) electrons. The van der Waals surface area contributed by atoms with E-state index >= 15 is 0 Å². The smallest absolute Gasteiger partial charge is 0.273 e. The van der Waals surface area contributed by atoms with E-state index in [0.717, 1.165) is 16.7 Å². The summed E-state index contributed by atoms with van der Waals surface area (Å²) in [5.74, 6) is 2.08. The standard InChI is InChI=1S/C8H9NO2S/c1-4-5-9-6(10)8(2,3)12-7(9)11/h1H,5H2,2-3H3. The maximum absolute atomic E-state index is 11.4. The average molecular weight is 183 g/mol. The predicted molar refractivity (Wildman–Crippen MR) is 47.6 cm³/mol. The number of nitrogens with zero attached hydrogens (tertiary/aromatic N) is 1. The summed E-state index contributed by atoms with van der Waals surface area (Å²) in [6.07, 6.45) is 5.02. The minimum Gasteiger partial charge on any atom is -0.273 e. The number of imide groups is 1. The molecule has 0 atom stereocenters. The SMILES string of the molecule is C#CCN1C(=O)SC(C)(C)C1=O. The Morgan fingerprint density at radius 1 is 1.58 bits per heavy atom. The number of amides is 2. The van der Waals surface area contributed by atoms with Crippen molar-refractivity contribution in [3.63, 3.8) is 0 Å². The number of hydrogen-bond acceptors (Lipinski definition) is 3. The molecule has 0 bridgehead atoms. The minimum absolute atomic E-state index is 0.0775. The van der Waals surface area contributed by atoms with Crippen LogP contribution in [-0.4, -0.2) is 27.3 Å². The third-order valence-corrected chi connectivity index (χ3v) is 2.65. The molecule has 0 unspecified atom stereocenters. The van der Waals surface area contributed by atoms with E-state index < -0.39 is 4.75 Å². The summed E-state index contributed by atoms with van der Waals surface area (Å²) in [5.41, 5.74) is 0. The molecule has 1 aliphatic heterocycles. The zero-order chi connectivity index (χ0) is 9.35. The lowest BCUT2D eigenvalue weighted by atomic mass is 10.2. The third-order valence-electron chi connectivity index (χ3n) is 1.57. The number of rotatable bonds is 1. The van der Waals surface area contributed by atoms with Crippen molar-refractivity contribution < 1.29 is 9.59 Å². The van der Waals surface area contributed by atoms with E-state index in [9.17, 15) is 9.59 Å². The van der Waals surface area contributed by atoms with Gasteiger partial charge in [-0.05, 0) is 25.6 Å². The van der Waals surface area contributed by atoms with Crippen LogP contribution < -0.4 is 0 Å². The Morgan fingerprint density at radius 3 is 2.50 bits per heavy atom. The van der Waals surface area contributed by atoms with Gasteiger partial charge in [-0.15, -0.1) is 6.42 Å². The summed E-state index contributed by atoms with van der Waals surface area (Å²) in [6, 6.07) is 0. The van der Waals surface area contributed by atoms with Gasteiger partial charge in [0.2, 0.25) is 5.91 Å². The summed E-state index contributed by atoms with van der Waals surface area (Å²) in [4.78, 5) is 23.7. The van der Waals surface area contributed by atoms with E-state index in [1.165, 1.54) is 0 Å². The molecule has 0 saturated carbocycles. The molecule has 4 heteroatoms. The maximum Gasteiger partial charge on any atom is 0.290 e. The molecule has 3 nitrogen and oxygen atoms in total. The maximum atomic E-state index is 11.4. The van der Waals surface area contributed by atoms with Crippen molar-refractivity contribution in [2.75, 3.05) is 6.54 Å². The van der Waals surface area contributed by atoms with Crippen molar-refractivity contribution in [1.29, 1.82) is 0 Å². The molecule has 1 fully saturated rings. The number of thioether (sulfide) groups is 1. The molecule has 0 spiro atoms. The van der Waals surface area contributed by atoms with Crippen molar-refractivity contribution in [3.05, 3.63) is 0 Å². The molecule has 0 N–H and O–H groups in total. The molecular weight excluding hydrogens is 174 g/mol. The highest BCUT2D eigenvalue weighted by molar-refractivity contribution is 8.16. The van der Waals surface area contributed by atoms with Gasteiger partial charge in [0.05, 0.1) is 11.3 Å². The molecule has 0 aromatic heterocycles. The van der Waals surface area contributed by atoms with Crippen molar-refractivity contribution in [2.45, 2.75) is 18.6 Å².